The first-order valence-corrected chi connectivity index (χ1v) is 8.01. The summed E-state index contributed by atoms with van der Waals surface area (Å²) in [5.41, 5.74) is 0. The fourth-order valence-corrected chi connectivity index (χ4v) is 3.03. The Balaban J connectivity index is 2.26. The van der Waals surface area contributed by atoms with E-state index >= 15 is 0 Å². The minimum Gasteiger partial charge on any atom is -0.434 e. The second-order valence-electron chi connectivity index (χ2n) is 5.08. The lowest BCUT2D eigenvalue weighted by molar-refractivity contribution is 0.100. The van der Waals surface area contributed by atoms with Gasteiger partial charge in [-0.15, -0.1) is 0 Å². The number of benzene rings is 3. The molecule has 0 aromatic heterocycles. The first kappa shape index (κ1) is 15.9. The molecular formula is C18H14Cl2O3. The van der Waals surface area contributed by atoms with Crippen molar-refractivity contribution in [2.45, 2.75) is 13.3 Å². The number of halogens is 2. The maximum atomic E-state index is 12.0. The zero-order chi connectivity index (χ0) is 16.4. The quantitative estimate of drug-likeness (QED) is 0.320. The minimum atomic E-state index is -0.763. The molecule has 0 amide bonds. The second-order valence-corrected chi connectivity index (χ2v) is 5.90. The maximum absolute atomic E-state index is 12.0. The maximum Gasteiger partial charge on any atom is 0.513 e. The summed E-state index contributed by atoms with van der Waals surface area (Å²) in [5.74, 6) is 0.329. The van der Waals surface area contributed by atoms with Gasteiger partial charge in [0, 0.05) is 10.8 Å². The number of fused-ring (bicyclic) bond motifs is 2. The molecule has 0 aliphatic carbocycles. The average Bonchev–Trinajstić information content (AvgIpc) is 2.52. The molecule has 0 atom stereocenters. The van der Waals surface area contributed by atoms with Crippen LogP contribution in [-0.4, -0.2) is 12.8 Å². The molecule has 0 heterocycles. The Labute approximate surface area is 143 Å². The van der Waals surface area contributed by atoms with Crippen molar-refractivity contribution in [3.05, 3.63) is 52.5 Å². The van der Waals surface area contributed by atoms with Crippen LogP contribution in [0.3, 0.4) is 0 Å². The zero-order valence-corrected chi connectivity index (χ0v) is 13.9. The number of carbonyl (C=O) groups excluding carboxylic acids is 1. The molecule has 0 aliphatic rings. The average molecular weight is 349 g/mol. The summed E-state index contributed by atoms with van der Waals surface area (Å²) in [5, 5.41) is 3.99. The normalized spacial score (nSPS) is 10.9. The van der Waals surface area contributed by atoms with E-state index in [1.165, 1.54) is 0 Å². The van der Waals surface area contributed by atoms with Crippen LogP contribution in [-0.2, 0) is 4.74 Å². The van der Waals surface area contributed by atoms with Crippen molar-refractivity contribution in [1.29, 1.82) is 0 Å². The van der Waals surface area contributed by atoms with Crippen molar-refractivity contribution in [3.8, 4) is 5.75 Å². The summed E-state index contributed by atoms with van der Waals surface area (Å²) in [6.07, 6.45) is -0.0483. The van der Waals surface area contributed by atoms with Gasteiger partial charge in [0.15, 0.2) is 5.75 Å². The number of carbonyl (C=O) groups is 1. The van der Waals surface area contributed by atoms with Gasteiger partial charge in [0.1, 0.15) is 0 Å². The molecule has 0 N–H and O–H groups in total. The third-order valence-corrected chi connectivity index (χ3v) is 4.10. The monoisotopic (exact) mass is 348 g/mol. The van der Waals surface area contributed by atoms with E-state index in [-0.39, 0.29) is 0 Å². The molecule has 0 bridgehead atoms. The molecule has 23 heavy (non-hydrogen) atoms. The van der Waals surface area contributed by atoms with Crippen molar-refractivity contribution >= 4 is 50.9 Å². The SMILES string of the molecule is CCCOC(=O)Oc1c2c(Cl)cccc2cc2cccc(Cl)c12. The first-order chi connectivity index (χ1) is 11.1. The van der Waals surface area contributed by atoms with E-state index in [2.05, 4.69) is 0 Å². The van der Waals surface area contributed by atoms with Crippen LogP contribution in [0.5, 0.6) is 5.75 Å². The Hall–Kier alpha value is -1.97. The van der Waals surface area contributed by atoms with Gasteiger partial charge < -0.3 is 9.47 Å². The molecule has 0 radical (unpaired) electrons. The Morgan fingerprint density at radius 2 is 1.57 bits per heavy atom. The van der Waals surface area contributed by atoms with Gasteiger partial charge >= 0.3 is 6.16 Å². The van der Waals surface area contributed by atoms with Gasteiger partial charge in [-0.1, -0.05) is 54.4 Å². The molecule has 0 saturated carbocycles. The van der Waals surface area contributed by atoms with Crippen LogP contribution < -0.4 is 4.74 Å². The number of ether oxygens (including phenoxy) is 2. The lowest BCUT2D eigenvalue weighted by Crippen LogP contribution is -2.11. The molecule has 118 valence electrons. The van der Waals surface area contributed by atoms with Crippen molar-refractivity contribution in [2.24, 2.45) is 0 Å². The van der Waals surface area contributed by atoms with E-state index < -0.39 is 6.16 Å². The van der Waals surface area contributed by atoms with Crippen LogP contribution in [0, 0.1) is 0 Å². The van der Waals surface area contributed by atoms with Crippen LogP contribution in [0.25, 0.3) is 21.5 Å². The Morgan fingerprint density at radius 1 is 1.00 bits per heavy atom. The van der Waals surface area contributed by atoms with Gasteiger partial charge in [0.05, 0.1) is 16.7 Å². The summed E-state index contributed by atoms with van der Waals surface area (Å²) in [6.45, 7) is 2.21. The highest BCUT2D eigenvalue weighted by atomic mass is 35.5. The van der Waals surface area contributed by atoms with Crippen LogP contribution >= 0.6 is 23.2 Å². The van der Waals surface area contributed by atoms with Gasteiger partial charge in [-0.3, -0.25) is 0 Å². The lowest BCUT2D eigenvalue weighted by Gasteiger charge is -2.13. The molecule has 3 nitrogen and oxygen atoms in total. The van der Waals surface area contributed by atoms with Crippen molar-refractivity contribution in [2.75, 3.05) is 6.61 Å². The van der Waals surface area contributed by atoms with Gasteiger partial charge in [-0.05, 0) is 35.4 Å². The highest BCUT2D eigenvalue weighted by molar-refractivity contribution is 6.39. The molecule has 0 saturated heterocycles. The molecule has 3 aromatic rings. The molecular weight excluding hydrogens is 335 g/mol. The van der Waals surface area contributed by atoms with E-state index in [4.69, 9.17) is 32.7 Å². The van der Waals surface area contributed by atoms with Crippen molar-refractivity contribution in [1.82, 2.24) is 0 Å². The standard InChI is InChI=1S/C18H14Cl2O3/c1-2-9-22-18(21)23-17-15-11(5-3-7-13(15)19)10-12-6-4-8-14(20)16(12)17/h3-8,10H,2,9H2,1H3. The van der Waals surface area contributed by atoms with E-state index in [0.717, 1.165) is 10.8 Å². The molecule has 0 spiro atoms. The van der Waals surface area contributed by atoms with E-state index in [1.54, 1.807) is 12.1 Å². The van der Waals surface area contributed by atoms with Gasteiger partial charge in [0.25, 0.3) is 0 Å². The minimum absolute atomic E-state index is 0.295. The van der Waals surface area contributed by atoms with Crippen LogP contribution in [0.2, 0.25) is 10.0 Å². The fraction of sp³-hybridized carbons (Fsp3) is 0.167. The van der Waals surface area contributed by atoms with Crippen LogP contribution in [0.4, 0.5) is 4.79 Å². The Morgan fingerprint density at radius 3 is 2.09 bits per heavy atom. The molecule has 5 heteroatoms. The van der Waals surface area contributed by atoms with Gasteiger partial charge in [-0.25, -0.2) is 4.79 Å². The third kappa shape index (κ3) is 3.07. The molecule has 3 aromatic carbocycles. The van der Waals surface area contributed by atoms with Crippen LogP contribution in [0.15, 0.2) is 42.5 Å². The van der Waals surface area contributed by atoms with Gasteiger partial charge in [-0.2, -0.15) is 0 Å². The smallest absolute Gasteiger partial charge is 0.434 e. The zero-order valence-electron chi connectivity index (χ0n) is 12.4. The Kier molecular flexibility index (Phi) is 4.60. The second kappa shape index (κ2) is 6.65. The van der Waals surface area contributed by atoms with E-state index in [9.17, 15) is 4.79 Å². The highest BCUT2D eigenvalue weighted by Crippen LogP contribution is 2.41. The van der Waals surface area contributed by atoms with Crippen LogP contribution in [0.1, 0.15) is 13.3 Å². The van der Waals surface area contributed by atoms with Crippen molar-refractivity contribution < 1.29 is 14.3 Å². The largest absolute Gasteiger partial charge is 0.513 e. The van der Waals surface area contributed by atoms with Crippen molar-refractivity contribution in [3.63, 3.8) is 0 Å². The lowest BCUT2D eigenvalue weighted by atomic mass is 10.0. The summed E-state index contributed by atoms with van der Waals surface area (Å²) >= 11 is 12.7. The predicted octanol–water partition coefficient (Wildman–Crippen LogP) is 6.23. The number of hydrogen-bond donors (Lipinski definition) is 0. The Bertz CT molecular complexity index is 830. The molecule has 0 aliphatic heterocycles. The van der Waals surface area contributed by atoms with Gasteiger partial charge in [0.2, 0.25) is 0 Å². The topological polar surface area (TPSA) is 35.5 Å². The predicted molar refractivity (Wildman–Crippen MR) is 93.7 cm³/mol. The summed E-state index contributed by atoms with van der Waals surface area (Å²) in [4.78, 5) is 12.0. The number of hydrogen-bond acceptors (Lipinski definition) is 3. The summed E-state index contributed by atoms with van der Waals surface area (Å²) < 4.78 is 10.5. The number of rotatable bonds is 3. The molecule has 0 unspecified atom stereocenters. The summed E-state index contributed by atoms with van der Waals surface area (Å²) in [6, 6.07) is 13.0. The highest BCUT2D eigenvalue weighted by Gasteiger charge is 2.17. The summed E-state index contributed by atoms with van der Waals surface area (Å²) in [7, 11) is 0. The third-order valence-electron chi connectivity index (χ3n) is 3.47. The molecule has 3 rings (SSSR count). The fourth-order valence-electron chi connectivity index (χ4n) is 2.49. The van der Waals surface area contributed by atoms with E-state index in [0.29, 0.717) is 39.6 Å². The van der Waals surface area contributed by atoms with E-state index in [1.807, 2.05) is 37.3 Å². The molecule has 0 fully saturated rings. The first-order valence-electron chi connectivity index (χ1n) is 7.26.